The van der Waals surface area contributed by atoms with Crippen molar-refractivity contribution in [3.8, 4) is 5.75 Å². The third kappa shape index (κ3) is 5.22. The Labute approximate surface area is 152 Å². The van der Waals surface area contributed by atoms with E-state index in [2.05, 4.69) is 10.9 Å². The molecule has 0 aliphatic rings. The number of nitrogens with one attached hydrogen (secondary N) is 2. The number of aryl methyl sites for hydroxylation is 2. The maximum atomic E-state index is 12.1. The summed E-state index contributed by atoms with van der Waals surface area (Å²) >= 11 is 5.90. The van der Waals surface area contributed by atoms with E-state index < -0.39 is 12.0 Å². The highest BCUT2D eigenvalue weighted by atomic mass is 35.5. The van der Waals surface area contributed by atoms with Gasteiger partial charge in [0.25, 0.3) is 11.8 Å². The van der Waals surface area contributed by atoms with Crippen LogP contribution in [0.4, 0.5) is 0 Å². The number of halogens is 1. The fourth-order valence-corrected chi connectivity index (χ4v) is 2.40. The minimum atomic E-state index is -0.775. The van der Waals surface area contributed by atoms with Crippen LogP contribution >= 0.6 is 11.6 Å². The lowest BCUT2D eigenvalue weighted by atomic mass is 10.1. The summed E-state index contributed by atoms with van der Waals surface area (Å²) in [7, 11) is 0. The minimum Gasteiger partial charge on any atom is -0.481 e. The van der Waals surface area contributed by atoms with Gasteiger partial charge in [-0.2, -0.15) is 0 Å². The maximum Gasteiger partial charge on any atom is 0.279 e. The fraction of sp³-hybridized carbons (Fsp3) is 0.263. The lowest BCUT2D eigenvalue weighted by Crippen LogP contribution is -2.47. The Hall–Kier alpha value is -2.53. The number of rotatable bonds is 5. The highest BCUT2D eigenvalue weighted by Crippen LogP contribution is 2.22. The van der Waals surface area contributed by atoms with Crippen LogP contribution in [0.5, 0.6) is 5.75 Å². The first kappa shape index (κ1) is 18.8. The van der Waals surface area contributed by atoms with E-state index in [9.17, 15) is 9.59 Å². The summed E-state index contributed by atoms with van der Waals surface area (Å²) in [6.07, 6.45) is 0.125. The summed E-state index contributed by atoms with van der Waals surface area (Å²) < 4.78 is 5.61. The van der Waals surface area contributed by atoms with Gasteiger partial charge >= 0.3 is 0 Å². The van der Waals surface area contributed by atoms with E-state index in [4.69, 9.17) is 16.3 Å². The van der Waals surface area contributed by atoms with Crippen LogP contribution in [0, 0.1) is 6.92 Å². The Morgan fingerprint density at radius 1 is 1.12 bits per heavy atom. The second-order valence-electron chi connectivity index (χ2n) is 5.66. The number of amides is 2. The molecule has 2 aromatic rings. The van der Waals surface area contributed by atoms with E-state index in [1.807, 2.05) is 26.0 Å². The smallest absolute Gasteiger partial charge is 0.279 e. The zero-order valence-electron chi connectivity index (χ0n) is 14.4. The van der Waals surface area contributed by atoms with Gasteiger partial charge in [-0.15, -0.1) is 0 Å². The lowest BCUT2D eigenvalue weighted by molar-refractivity contribution is -0.128. The molecule has 0 fully saturated rings. The SMILES string of the molecule is CCc1ccc(C(=O)NNC(=O)C(C)Oc2ccc(Cl)cc2C)cc1. The number of carbonyl (C=O) groups excluding carboxylic acids is 2. The van der Waals surface area contributed by atoms with E-state index in [1.165, 1.54) is 0 Å². The molecular weight excluding hydrogens is 340 g/mol. The van der Waals surface area contributed by atoms with Crippen LogP contribution in [0.3, 0.4) is 0 Å². The van der Waals surface area contributed by atoms with Gasteiger partial charge in [0.05, 0.1) is 0 Å². The van der Waals surface area contributed by atoms with E-state index >= 15 is 0 Å². The second-order valence-corrected chi connectivity index (χ2v) is 6.10. The third-order valence-electron chi connectivity index (χ3n) is 3.73. The van der Waals surface area contributed by atoms with Crippen molar-refractivity contribution in [2.45, 2.75) is 33.3 Å². The van der Waals surface area contributed by atoms with Crippen molar-refractivity contribution in [3.63, 3.8) is 0 Å². The second kappa shape index (κ2) is 8.53. The minimum absolute atomic E-state index is 0.383. The molecule has 0 aliphatic carbocycles. The molecule has 0 radical (unpaired) electrons. The van der Waals surface area contributed by atoms with Crippen LogP contribution in [0.25, 0.3) is 0 Å². The number of benzene rings is 2. The third-order valence-corrected chi connectivity index (χ3v) is 3.97. The predicted molar refractivity (Wildman–Crippen MR) is 97.7 cm³/mol. The molecule has 6 heteroatoms. The van der Waals surface area contributed by atoms with Gasteiger partial charge in [0.2, 0.25) is 0 Å². The molecule has 1 atom stereocenters. The molecule has 2 aromatic carbocycles. The molecule has 25 heavy (non-hydrogen) atoms. The van der Waals surface area contributed by atoms with Gasteiger partial charge in [-0.05, 0) is 61.7 Å². The van der Waals surface area contributed by atoms with Crippen LogP contribution < -0.4 is 15.6 Å². The number of hydrogen-bond donors (Lipinski definition) is 2. The quantitative estimate of drug-likeness (QED) is 0.802. The lowest BCUT2D eigenvalue weighted by Gasteiger charge is -2.16. The first-order valence-corrected chi connectivity index (χ1v) is 8.40. The Kier molecular flexibility index (Phi) is 6.42. The van der Waals surface area contributed by atoms with Gasteiger partial charge in [-0.25, -0.2) is 0 Å². The standard InChI is InChI=1S/C19H21ClN2O3/c1-4-14-5-7-15(8-6-14)19(24)22-21-18(23)13(3)25-17-10-9-16(20)11-12(17)2/h5-11,13H,4H2,1-3H3,(H,21,23)(H,22,24). The van der Waals surface area contributed by atoms with Gasteiger partial charge in [-0.1, -0.05) is 30.7 Å². The summed E-state index contributed by atoms with van der Waals surface area (Å²) in [6, 6.07) is 12.3. The van der Waals surface area contributed by atoms with Crippen molar-refractivity contribution in [2.75, 3.05) is 0 Å². The molecule has 0 saturated carbocycles. The normalized spacial score (nSPS) is 11.5. The topological polar surface area (TPSA) is 67.4 Å². The summed E-state index contributed by atoms with van der Waals surface area (Å²) in [5, 5.41) is 0.600. The van der Waals surface area contributed by atoms with Gasteiger partial charge in [0, 0.05) is 10.6 Å². The van der Waals surface area contributed by atoms with Crippen molar-refractivity contribution >= 4 is 23.4 Å². The molecule has 1 unspecified atom stereocenters. The summed E-state index contributed by atoms with van der Waals surface area (Å²) in [5.74, 6) is -0.271. The predicted octanol–water partition coefficient (Wildman–Crippen LogP) is 3.44. The Morgan fingerprint density at radius 2 is 1.80 bits per heavy atom. The van der Waals surface area contributed by atoms with Crippen molar-refractivity contribution < 1.29 is 14.3 Å². The van der Waals surface area contributed by atoms with Crippen molar-refractivity contribution in [2.24, 2.45) is 0 Å². The molecule has 2 rings (SSSR count). The largest absolute Gasteiger partial charge is 0.481 e. The highest BCUT2D eigenvalue weighted by molar-refractivity contribution is 6.30. The molecule has 0 saturated heterocycles. The molecule has 5 nitrogen and oxygen atoms in total. The number of hydrazine groups is 1. The number of hydrogen-bond acceptors (Lipinski definition) is 3. The van der Waals surface area contributed by atoms with E-state index in [0.29, 0.717) is 16.3 Å². The van der Waals surface area contributed by atoms with Gasteiger partial charge in [0.15, 0.2) is 6.10 Å². The maximum absolute atomic E-state index is 12.1. The summed E-state index contributed by atoms with van der Waals surface area (Å²) in [6.45, 7) is 5.48. The highest BCUT2D eigenvalue weighted by Gasteiger charge is 2.17. The molecule has 0 aliphatic heterocycles. The van der Waals surface area contributed by atoms with E-state index in [-0.39, 0.29) is 5.91 Å². The monoisotopic (exact) mass is 360 g/mol. The molecule has 2 N–H and O–H groups in total. The van der Waals surface area contributed by atoms with Crippen LogP contribution in [-0.2, 0) is 11.2 Å². The molecule has 0 aromatic heterocycles. The molecule has 0 heterocycles. The first-order chi connectivity index (χ1) is 11.9. The molecule has 2 amide bonds. The first-order valence-electron chi connectivity index (χ1n) is 8.02. The van der Waals surface area contributed by atoms with Crippen LogP contribution in [0.2, 0.25) is 5.02 Å². The van der Waals surface area contributed by atoms with Crippen molar-refractivity contribution in [3.05, 3.63) is 64.2 Å². The molecular formula is C19H21ClN2O3. The number of ether oxygens (including phenoxy) is 1. The average Bonchev–Trinajstić information content (AvgIpc) is 2.61. The van der Waals surface area contributed by atoms with Crippen molar-refractivity contribution in [1.82, 2.24) is 10.9 Å². The van der Waals surface area contributed by atoms with E-state index in [0.717, 1.165) is 17.5 Å². The van der Waals surface area contributed by atoms with Crippen LogP contribution in [-0.4, -0.2) is 17.9 Å². The van der Waals surface area contributed by atoms with Gasteiger partial charge < -0.3 is 4.74 Å². The average molecular weight is 361 g/mol. The Balaban J connectivity index is 1.88. The van der Waals surface area contributed by atoms with E-state index in [1.54, 1.807) is 37.3 Å². The number of carbonyl (C=O) groups is 2. The molecule has 0 bridgehead atoms. The van der Waals surface area contributed by atoms with Gasteiger partial charge in [0.1, 0.15) is 5.75 Å². The zero-order valence-corrected chi connectivity index (χ0v) is 15.2. The zero-order chi connectivity index (χ0) is 18.4. The summed E-state index contributed by atoms with van der Waals surface area (Å²) in [5.41, 5.74) is 7.20. The fourth-order valence-electron chi connectivity index (χ4n) is 2.17. The van der Waals surface area contributed by atoms with Crippen LogP contribution in [0.1, 0.15) is 35.3 Å². The molecule has 132 valence electrons. The van der Waals surface area contributed by atoms with Crippen molar-refractivity contribution in [1.29, 1.82) is 0 Å². The summed E-state index contributed by atoms with van der Waals surface area (Å²) in [4.78, 5) is 24.1. The molecule has 0 spiro atoms. The van der Waals surface area contributed by atoms with Gasteiger partial charge in [-0.3, -0.25) is 20.4 Å². The van der Waals surface area contributed by atoms with Crippen LogP contribution in [0.15, 0.2) is 42.5 Å². The Bertz CT molecular complexity index is 760. The Morgan fingerprint density at radius 3 is 2.40 bits per heavy atom.